The highest BCUT2D eigenvalue weighted by atomic mass is 19.4. The summed E-state index contributed by atoms with van der Waals surface area (Å²) in [6.07, 6.45) is -2.04. The monoisotopic (exact) mass is 442 g/mol. The Labute approximate surface area is 182 Å². The van der Waals surface area contributed by atoms with E-state index in [2.05, 4.69) is 25.4 Å². The van der Waals surface area contributed by atoms with Crippen LogP contribution in [0.3, 0.4) is 0 Å². The van der Waals surface area contributed by atoms with Crippen molar-refractivity contribution in [3.05, 3.63) is 60.2 Å². The van der Waals surface area contributed by atoms with Crippen LogP contribution < -0.4 is 10.1 Å². The van der Waals surface area contributed by atoms with Gasteiger partial charge < -0.3 is 10.1 Å². The van der Waals surface area contributed by atoms with Gasteiger partial charge in [-0.2, -0.15) is 18.3 Å². The minimum Gasteiger partial charge on any atom is -0.497 e. The highest BCUT2D eigenvalue weighted by Crippen LogP contribution is 2.34. The number of pyridine rings is 1. The molecule has 0 aliphatic carbocycles. The summed E-state index contributed by atoms with van der Waals surface area (Å²) in [6, 6.07) is 10.3. The average molecular weight is 442 g/mol. The Hall–Kier alpha value is -3.69. The molecule has 10 heteroatoms. The number of nitrogens with zero attached hydrogens (tertiary/aromatic N) is 5. The van der Waals surface area contributed by atoms with Crippen molar-refractivity contribution in [1.82, 2.24) is 24.7 Å². The van der Waals surface area contributed by atoms with Crippen molar-refractivity contribution < 1.29 is 17.9 Å². The van der Waals surface area contributed by atoms with E-state index in [1.165, 1.54) is 0 Å². The van der Waals surface area contributed by atoms with Crippen molar-refractivity contribution in [1.29, 1.82) is 0 Å². The van der Waals surface area contributed by atoms with Crippen molar-refractivity contribution in [2.24, 2.45) is 0 Å². The van der Waals surface area contributed by atoms with Gasteiger partial charge in [0.05, 0.1) is 30.3 Å². The van der Waals surface area contributed by atoms with Crippen molar-refractivity contribution in [3.63, 3.8) is 0 Å². The fourth-order valence-corrected chi connectivity index (χ4v) is 3.35. The van der Waals surface area contributed by atoms with Crippen LogP contribution in [0.4, 0.5) is 19.0 Å². The molecule has 0 amide bonds. The number of alkyl halides is 3. The molecule has 4 aromatic rings. The van der Waals surface area contributed by atoms with E-state index in [9.17, 15) is 13.2 Å². The molecule has 0 aliphatic rings. The first-order valence-electron chi connectivity index (χ1n) is 9.91. The zero-order valence-electron chi connectivity index (χ0n) is 17.7. The Morgan fingerprint density at radius 2 is 1.81 bits per heavy atom. The molecular weight excluding hydrogens is 421 g/mol. The predicted octanol–water partition coefficient (Wildman–Crippen LogP) is 4.78. The molecule has 0 saturated heterocycles. The van der Waals surface area contributed by atoms with E-state index in [1.54, 1.807) is 24.1 Å². The molecule has 3 aromatic heterocycles. The van der Waals surface area contributed by atoms with Crippen LogP contribution in [0.5, 0.6) is 5.75 Å². The van der Waals surface area contributed by atoms with Crippen molar-refractivity contribution in [3.8, 4) is 17.1 Å². The van der Waals surface area contributed by atoms with Crippen LogP contribution >= 0.6 is 0 Å². The van der Waals surface area contributed by atoms with Crippen LogP contribution in [0.2, 0.25) is 0 Å². The Kier molecular flexibility index (Phi) is 5.68. The summed E-state index contributed by atoms with van der Waals surface area (Å²) < 4.78 is 46.7. The molecule has 0 unspecified atom stereocenters. The summed E-state index contributed by atoms with van der Waals surface area (Å²) in [5.74, 6) is 1.26. The quantitative estimate of drug-likeness (QED) is 0.463. The van der Waals surface area contributed by atoms with Gasteiger partial charge in [-0.15, -0.1) is 0 Å². The molecule has 32 heavy (non-hydrogen) atoms. The topological polar surface area (TPSA) is 77.8 Å². The largest absolute Gasteiger partial charge is 0.497 e. The van der Waals surface area contributed by atoms with Gasteiger partial charge in [-0.25, -0.2) is 15.0 Å². The van der Waals surface area contributed by atoms with Gasteiger partial charge in [-0.1, -0.05) is 12.1 Å². The first-order chi connectivity index (χ1) is 15.3. The number of hydrogen-bond acceptors (Lipinski definition) is 6. The molecule has 0 saturated carbocycles. The van der Waals surface area contributed by atoms with Crippen LogP contribution in [0.25, 0.3) is 22.3 Å². The summed E-state index contributed by atoms with van der Waals surface area (Å²) in [7, 11) is 1.59. The molecule has 0 radical (unpaired) electrons. The van der Waals surface area contributed by atoms with E-state index in [1.807, 2.05) is 38.1 Å². The number of hydrogen-bond donors (Lipinski definition) is 1. The Morgan fingerprint density at radius 3 is 2.47 bits per heavy atom. The van der Waals surface area contributed by atoms with Crippen LogP contribution in [-0.4, -0.2) is 37.9 Å². The fourth-order valence-electron chi connectivity index (χ4n) is 3.35. The van der Waals surface area contributed by atoms with Gasteiger partial charge in [0.15, 0.2) is 0 Å². The van der Waals surface area contributed by atoms with Crippen molar-refractivity contribution in [2.45, 2.75) is 32.6 Å². The SMILES string of the molecule is COc1ccc(Cn2nc(-c3cc(C(F)(F)F)ncn3)c3c(NC(C)C)nccc32)cc1. The highest BCUT2D eigenvalue weighted by Gasteiger charge is 2.33. The molecule has 1 N–H and O–H groups in total. The molecule has 0 atom stereocenters. The molecule has 0 bridgehead atoms. The normalized spacial score (nSPS) is 11.8. The summed E-state index contributed by atoms with van der Waals surface area (Å²) in [5, 5.41) is 8.48. The molecule has 1 aromatic carbocycles. The van der Waals surface area contributed by atoms with Gasteiger partial charge in [0.2, 0.25) is 0 Å². The lowest BCUT2D eigenvalue weighted by molar-refractivity contribution is -0.141. The minimum atomic E-state index is -4.59. The maximum atomic E-state index is 13.3. The third-order valence-corrected chi connectivity index (χ3v) is 4.78. The lowest BCUT2D eigenvalue weighted by Gasteiger charge is -2.11. The molecule has 4 rings (SSSR count). The number of anilines is 1. The first-order valence-corrected chi connectivity index (χ1v) is 9.91. The second kappa shape index (κ2) is 8.45. The number of methoxy groups -OCH3 is 1. The Bertz CT molecular complexity index is 1230. The minimum absolute atomic E-state index is 0.0574. The second-order valence-corrected chi connectivity index (χ2v) is 7.49. The fraction of sp³-hybridized carbons (Fsp3) is 0.273. The maximum absolute atomic E-state index is 13.3. The third-order valence-electron chi connectivity index (χ3n) is 4.78. The summed E-state index contributed by atoms with van der Waals surface area (Å²) in [5.41, 5.74) is 1.03. The summed E-state index contributed by atoms with van der Waals surface area (Å²) >= 11 is 0. The van der Waals surface area contributed by atoms with Gasteiger partial charge in [0.25, 0.3) is 0 Å². The van der Waals surface area contributed by atoms with E-state index in [0.717, 1.165) is 29.2 Å². The van der Waals surface area contributed by atoms with E-state index < -0.39 is 11.9 Å². The van der Waals surface area contributed by atoms with Crippen LogP contribution in [-0.2, 0) is 12.7 Å². The van der Waals surface area contributed by atoms with Gasteiger partial charge >= 0.3 is 6.18 Å². The average Bonchev–Trinajstić information content (AvgIpc) is 3.13. The number of nitrogens with one attached hydrogen (secondary N) is 1. The van der Waals surface area contributed by atoms with Crippen molar-refractivity contribution in [2.75, 3.05) is 12.4 Å². The number of aromatic nitrogens is 5. The second-order valence-electron chi connectivity index (χ2n) is 7.49. The number of fused-ring (bicyclic) bond motifs is 1. The van der Waals surface area contributed by atoms with Crippen LogP contribution in [0.1, 0.15) is 25.1 Å². The zero-order valence-corrected chi connectivity index (χ0v) is 17.7. The molecule has 0 spiro atoms. The standard InChI is InChI=1S/C22H21F3N6O/c1-13(2)29-21-19-17(8-9-26-21)31(11-14-4-6-15(32-3)7-5-14)30-20(19)16-10-18(22(23,24)25)28-12-27-16/h4-10,12-13H,11H2,1-3H3,(H,26,29). The Morgan fingerprint density at radius 1 is 1.06 bits per heavy atom. The molecule has 7 nitrogen and oxygen atoms in total. The van der Waals surface area contributed by atoms with Gasteiger partial charge in [0.1, 0.15) is 29.3 Å². The number of halogens is 3. The molecule has 0 aliphatic heterocycles. The van der Waals surface area contributed by atoms with E-state index in [-0.39, 0.29) is 11.7 Å². The number of rotatable bonds is 6. The molecular formula is C22H21F3N6O. The van der Waals surface area contributed by atoms with E-state index >= 15 is 0 Å². The number of ether oxygens (including phenoxy) is 1. The molecule has 0 fully saturated rings. The smallest absolute Gasteiger partial charge is 0.433 e. The Balaban J connectivity index is 1.87. The van der Waals surface area contributed by atoms with Gasteiger partial charge in [0, 0.05) is 12.2 Å². The maximum Gasteiger partial charge on any atom is 0.433 e. The van der Waals surface area contributed by atoms with Crippen LogP contribution in [0, 0.1) is 0 Å². The van der Waals surface area contributed by atoms with Gasteiger partial charge in [-0.3, -0.25) is 4.68 Å². The predicted molar refractivity (Wildman–Crippen MR) is 114 cm³/mol. The molecule has 3 heterocycles. The first kappa shape index (κ1) is 21.5. The molecule has 166 valence electrons. The van der Waals surface area contributed by atoms with E-state index in [4.69, 9.17) is 4.74 Å². The summed E-state index contributed by atoms with van der Waals surface area (Å²) in [4.78, 5) is 11.8. The van der Waals surface area contributed by atoms with Crippen LogP contribution in [0.15, 0.2) is 48.9 Å². The van der Waals surface area contributed by atoms with E-state index in [0.29, 0.717) is 23.4 Å². The third kappa shape index (κ3) is 4.34. The highest BCUT2D eigenvalue weighted by molar-refractivity contribution is 6.00. The summed E-state index contributed by atoms with van der Waals surface area (Å²) in [6.45, 7) is 4.31. The lowest BCUT2D eigenvalue weighted by Crippen LogP contribution is -2.11. The van der Waals surface area contributed by atoms with Gasteiger partial charge in [-0.05, 0) is 43.7 Å². The lowest BCUT2D eigenvalue weighted by atomic mass is 10.1. The zero-order chi connectivity index (χ0) is 22.9. The number of benzene rings is 1. The van der Waals surface area contributed by atoms with Crippen molar-refractivity contribution >= 4 is 16.7 Å².